The Kier molecular flexibility index (Phi) is 3.91. The summed E-state index contributed by atoms with van der Waals surface area (Å²) < 4.78 is 0. The van der Waals surface area contributed by atoms with Gasteiger partial charge in [-0.25, -0.2) is 0 Å². The summed E-state index contributed by atoms with van der Waals surface area (Å²) in [6, 6.07) is 0. The lowest BCUT2D eigenvalue weighted by molar-refractivity contribution is -0.0596. The van der Waals surface area contributed by atoms with Crippen LogP contribution >= 0.6 is 0 Å². The molecular formula is C14H27NO. The number of piperidine rings is 1. The van der Waals surface area contributed by atoms with E-state index in [-0.39, 0.29) is 11.6 Å². The Morgan fingerprint density at radius 1 is 0.938 bits per heavy atom. The van der Waals surface area contributed by atoms with Gasteiger partial charge in [0, 0.05) is 5.54 Å². The molecule has 1 heterocycles. The van der Waals surface area contributed by atoms with E-state index in [0.717, 1.165) is 0 Å². The molecule has 0 spiro atoms. The number of hydrogen-bond acceptors (Lipinski definition) is 2. The minimum Gasteiger partial charge on any atom is -0.391 e. The van der Waals surface area contributed by atoms with Gasteiger partial charge in [0.2, 0.25) is 0 Å². The zero-order valence-corrected chi connectivity index (χ0v) is 10.9. The zero-order chi connectivity index (χ0) is 11.6. The van der Waals surface area contributed by atoms with Gasteiger partial charge in [0.15, 0.2) is 0 Å². The fraction of sp³-hybridized carbons (Fsp3) is 1.00. The third-order valence-corrected chi connectivity index (χ3v) is 4.64. The molecule has 1 aliphatic carbocycles. The zero-order valence-electron chi connectivity index (χ0n) is 10.9. The summed E-state index contributed by atoms with van der Waals surface area (Å²) >= 11 is 0. The highest BCUT2D eigenvalue weighted by atomic mass is 16.3. The molecule has 1 N–H and O–H groups in total. The third-order valence-electron chi connectivity index (χ3n) is 4.64. The lowest BCUT2D eigenvalue weighted by atomic mass is 9.81. The van der Waals surface area contributed by atoms with Crippen molar-refractivity contribution in [3.05, 3.63) is 0 Å². The Labute approximate surface area is 100 Å². The fourth-order valence-corrected chi connectivity index (χ4v) is 3.75. The van der Waals surface area contributed by atoms with Crippen LogP contribution in [0.5, 0.6) is 0 Å². The van der Waals surface area contributed by atoms with Crippen LogP contribution in [0.3, 0.4) is 0 Å². The van der Waals surface area contributed by atoms with Crippen molar-refractivity contribution in [2.75, 3.05) is 13.1 Å². The Morgan fingerprint density at radius 3 is 2.00 bits per heavy atom. The number of rotatable bonds is 3. The van der Waals surface area contributed by atoms with Crippen LogP contribution in [-0.4, -0.2) is 34.7 Å². The minimum absolute atomic E-state index is 0.131. The van der Waals surface area contributed by atoms with Gasteiger partial charge in [0.1, 0.15) is 0 Å². The monoisotopic (exact) mass is 225 g/mol. The second kappa shape index (κ2) is 5.05. The van der Waals surface area contributed by atoms with Gasteiger partial charge in [-0.3, -0.25) is 4.90 Å². The summed E-state index contributed by atoms with van der Waals surface area (Å²) in [6.45, 7) is 6.75. The molecule has 2 aliphatic rings. The Morgan fingerprint density at radius 2 is 1.50 bits per heavy atom. The SMILES string of the molecule is CC(C)C(O)C1(N2CCCCC2)CCCC1. The van der Waals surface area contributed by atoms with Crippen molar-refractivity contribution in [2.45, 2.75) is 70.4 Å². The first-order valence-electron chi connectivity index (χ1n) is 7.10. The second-order valence-corrected chi connectivity index (χ2v) is 6.05. The molecule has 0 amide bonds. The van der Waals surface area contributed by atoms with Crippen LogP contribution in [0, 0.1) is 5.92 Å². The molecule has 16 heavy (non-hydrogen) atoms. The van der Waals surface area contributed by atoms with Crippen LogP contribution in [0.4, 0.5) is 0 Å². The maximum absolute atomic E-state index is 10.6. The molecule has 2 nitrogen and oxygen atoms in total. The van der Waals surface area contributed by atoms with Crippen LogP contribution in [0.15, 0.2) is 0 Å². The van der Waals surface area contributed by atoms with Gasteiger partial charge < -0.3 is 5.11 Å². The van der Waals surface area contributed by atoms with Gasteiger partial charge in [0.05, 0.1) is 6.10 Å². The van der Waals surface area contributed by atoms with E-state index in [4.69, 9.17) is 0 Å². The van der Waals surface area contributed by atoms with E-state index in [0.29, 0.717) is 5.92 Å². The Hall–Kier alpha value is -0.0800. The van der Waals surface area contributed by atoms with Crippen LogP contribution in [0.25, 0.3) is 0 Å². The number of likely N-dealkylation sites (tertiary alicyclic amines) is 1. The van der Waals surface area contributed by atoms with E-state index in [2.05, 4.69) is 18.7 Å². The van der Waals surface area contributed by atoms with Crippen molar-refractivity contribution in [1.82, 2.24) is 4.90 Å². The predicted octanol–water partition coefficient (Wildman–Crippen LogP) is 2.80. The van der Waals surface area contributed by atoms with Gasteiger partial charge >= 0.3 is 0 Å². The summed E-state index contributed by atoms with van der Waals surface area (Å²) in [4.78, 5) is 2.62. The average molecular weight is 225 g/mol. The van der Waals surface area contributed by atoms with Crippen LogP contribution in [0.2, 0.25) is 0 Å². The van der Waals surface area contributed by atoms with E-state index in [1.807, 2.05) is 0 Å². The largest absolute Gasteiger partial charge is 0.391 e. The molecule has 0 aromatic carbocycles. The Balaban J connectivity index is 2.13. The highest BCUT2D eigenvalue weighted by Gasteiger charge is 2.46. The summed E-state index contributed by atoms with van der Waals surface area (Å²) in [6.07, 6.45) is 8.94. The first kappa shape index (κ1) is 12.4. The van der Waals surface area contributed by atoms with E-state index >= 15 is 0 Å². The molecule has 0 aromatic heterocycles. The quantitative estimate of drug-likeness (QED) is 0.798. The van der Waals surface area contributed by atoms with Gasteiger partial charge in [0.25, 0.3) is 0 Å². The van der Waals surface area contributed by atoms with E-state index < -0.39 is 0 Å². The van der Waals surface area contributed by atoms with Crippen LogP contribution in [-0.2, 0) is 0 Å². The van der Waals surface area contributed by atoms with Gasteiger partial charge in [-0.15, -0.1) is 0 Å². The molecule has 0 aromatic rings. The third kappa shape index (κ3) is 2.14. The molecule has 94 valence electrons. The number of aliphatic hydroxyl groups excluding tert-OH is 1. The minimum atomic E-state index is -0.131. The molecule has 1 atom stereocenters. The van der Waals surface area contributed by atoms with Crippen molar-refractivity contribution in [3.8, 4) is 0 Å². The maximum atomic E-state index is 10.6. The molecular weight excluding hydrogens is 198 g/mol. The molecule has 1 aliphatic heterocycles. The summed E-state index contributed by atoms with van der Waals surface area (Å²) in [7, 11) is 0. The van der Waals surface area contributed by atoms with E-state index in [1.54, 1.807) is 0 Å². The standard InChI is InChI=1S/C14H27NO/c1-12(2)13(16)14(8-4-5-9-14)15-10-6-3-7-11-15/h12-13,16H,3-11H2,1-2H3. The fourth-order valence-electron chi connectivity index (χ4n) is 3.75. The lowest BCUT2D eigenvalue weighted by Gasteiger charge is -2.47. The highest BCUT2D eigenvalue weighted by molar-refractivity contribution is 5.01. The highest BCUT2D eigenvalue weighted by Crippen LogP contribution is 2.41. The predicted molar refractivity (Wildman–Crippen MR) is 67.5 cm³/mol. The van der Waals surface area contributed by atoms with Gasteiger partial charge in [-0.1, -0.05) is 33.1 Å². The molecule has 2 rings (SSSR count). The summed E-state index contributed by atoms with van der Waals surface area (Å²) in [5, 5.41) is 10.6. The summed E-state index contributed by atoms with van der Waals surface area (Å²) in [5.41, 5.74) is 0.134. The van der Waals surface area contributed by atoms with Crippen LogP contribution < -0.4 is 0 Å². The molecule has 0 bridgehead atoms. The first-order valence-corrected chi connectivity index (χ1v) is 7.10. The topological polar surface area (TPSA) is 23.5 Å². The molecule has 1 unspecified atom stereocenters. The molecule has 2 heteroatoms. The first-order chi connectivity index (χ1) is 7.67. The Bertz CT molecular complexity index is 215. The van der Waals surface area contributed by atoms with Crippen molar-refractivity contribution in [2.24, 2.45) is 5.92 Å². The average Bonchev–Trinajstić information content (AvgIpc) is 2.79. The van der Waals surface area contributed by atoms with Crippen molar-refractivity contribution in [3.63, 3.8) is 0 Å². The number of hydrogen-bond donors (Lipinski definition) is 1. The van der Waals surface area contributed by atoms with Crippen molar-refractivity contribution >= 4 is 0 Å². The van der Waals surface area contributed by atoms with Crippen molar-refractivity contribution < 1.29 is 5.11 Å². The maximum Gasteiger partial charge on any atom is 0.0746 e. The summed E-state index contributed by atoms with van der Waals surface area (Å²) in [5.74, 6) is 0.389. The van der Waals surface area contributed by atoms with Crippen LogP contribution in [0.1, 0.15) is 58.8 Å². The lowest BCUT2D eigenvalue weighted by Crippen LogP contribution is -2.58. The molecule has 0 radical (unpaired) electrons. The molecule has 1 saturated heterocycles. The molecule has 1 saturated carbocycles. The van der Waals surface area contributed by atoms with Crippen molar-refractivity contribution in [1.29, 1.82) is 0 Å². The smallest absolute Gasteiger partial charge is 0.0746 e. The normalized spacial score (nSPS) is 28.5. The van der Waals surface area contributed by atoms with E-state index in [9.17, 15) is 5.11 Å². The second-order valence-electron chi connectivity index (χ2n) is 6.05. The van der Waals surface area contributed by atoms with Gasteiger partial charge in [-0.05, 0) is 44.7 Å². The molecule has 2 fully saturated rings. The van der Waals surface area contributed by atoms with Gasteiger partial charge in [-0.2, -0.15) is 0 Å². The number of aliphatic hydroxyl groups is 1. The number of nitrogens with zero attached hydrogens (tertiary/aromatic N) is 1. The van der Waals surface area contributed by atoms with E-state index in [1.165, 1.54) is 58.0 Å².